The van der Waals surface area contributed by atoms with Gasteiger partial charge in [0.1, 0.15) is 6.07 Å². The van der Waals surface area contributed by atoms with Gasteiger partial charge in [0, 0.05) is 27.2 Å². The molecule has 1 unspecified atom stereocenters. The molecule has 2 aliphatic rings. The van der Waals surface area contributed by atoms with Gasteiger partial charge in [-0.2, -0.15) is 15.8 Å². The van der Waals surface area contributed by atoms with E-state index in [1.165, 1.54) is 16.8 Å². The molecule has 7 aromatic rings. The molecule has 5 nitrogen and oxygen atoms in total. The van der Waals surface area contributed by atoms with Gasteiger partial charge in [0.2, 0.25) is 0 Å². The van der Waals surface area contributed by atoms with Crippen LogP contribution in [0.25, 0.3) is 66.2 Å². The SMILES string of the molecule is CC1CC(n2c3ccccc3c3cc(C#N)ccc32)=CC=C1c1ccc(C2=C(n3c4ccccc4c4cc(C#N)ccc43)C(C#N)=CCC2)cc1. The lowest BCUT2D eigenvalue weighted by Crippen LogP contribution is -2.09. The zero-order valence-corrected chi connectivity index (χ0v) is 28.1. The molecule has 9 rings (SSSR count). The molecule has 5 heteroatoms. The van der Waals surface area contributed by atoms with Crippen LogP contribution in [0.1, 0.15) is 48.4 Å². The number of nitrogens with zero attached hydrogens (tertiary/aromatic N) is 5. The first-order valence-corrected chi connectivity index (χ1v) is 17.3. The number of aromatic nitrogens is 2. The number of hydrogen-bond donors (Lipinski definition) is 0. The zero-order chi connectivity index (χ0) is 34.6. The highest BCUT2D eigenvalue weighted by molar-refractivity contribution is 6.13. The lowest BCUT2D eigenvalue weighted by Gasteiger charge is -2.25. The van der Waals surface area contributed by atoms with Crippen molar-refractivity contribution in [3.8, 4) is 18.2 Å². The summed E-state index contributed by atoms with van der Waals surface area (Å²) >= 11 is 0. The molecule has 0 spiro atoms. The van der Waals surface area contributed by atoms with Gasteiger partial charge in [0.25, 0.3) is 0 Å². The molecule has 5 aromatic carbocycles. The minimum absolute atomic E-state index is 0.291. The third-order valence-corrected chi connectivity index (χ3v) is 10.6. The van der Waals surface area contributed by atoms with Crippen molar-refractivity contribution in [2.45, 2.75) is 26.2 Å². The predicted octanol–water partition coefficient (Wildman–Crippen LogP) is 11.2. The van der Waals surface area contributed by atoms with Gasteiger partial charge in [0.05, 0.1) is 56.6 Å². The van der Waals surface area contributed by atoms with E-state index in [4.69, 9.17) is 0 Å². The number of fused-ring (bicyclic) bond motifs is 6. The second kappa shape index (κ2) is 11.9. The third-order valence-electron chi connectivity index (χ3n) is 10.6. The maximum Gasteiger partial charge on any atom is 0.101 e. The highest BCUT2D eigenvalue weighted by atomic mass is 15.0. The Labute approximate surface area is 295 Å². The molecular formula is C46H31N5. The van der Waals surface area contributed by atoms with Crippen LogP contribution in [0.5, 0.6) is 0 Å². The van der Waals surface area contributed by atoms with E-state index in [0.29, 0.717) is 22.6 Å². The first-order valence-electron chi connectivity index (χ1n) is 17.3. The molecule has 2 aliphatic carbocycles. The number of benzene rings is 5. The Morgan fingerprint density at radius 3 is 1.76 bits per heavy atom. The molecule has 0 amide bonds. The summed E-state index contributed by atoms with van der Waals surface area (Å²) in [6, 6.07) is 44.4. The van der Waals surface area contributed by atoms with Crippen LogP contribution in [0.4, 0.5) is 0 Å². The molecule has 2 heterocycles. The first kappa shape index (κ1) is 30.2. The van der Waals surface area contributed by atoms with Crippen molar-refractivity contribution >= 4 is 66.2 Å². The third kappa shape index (κ3) is 4.74. The Balaban J connectivity index is 1.14. The van der Waals surface area contributed by atoms with Crippen molar-refractivity contribution in [1.82, 2.24) is 9.13 Å². The van der Waals surface area contributed by atoms with E-state index in [-0.39, 0.29) is 0 Å². The van der Waals surface area contributed by atoms with E-state index >= 15 is 0 Å². The van der Waals surface area contributed by atoms with E-state index in [2.05, 4.69) is 119 Å². The zero-order valence-electron chi connectivity index (χ0n) is 28.1. The highest BCUT2D eigenvalue weighted by Crippen LogP contribution is 2.43. The Hall–Kier alpha value is -6.87. The number of rotatable bonds is 4. The van der Waals surface area contributed by atoms with Crippen molar-refractivity contribution < 1.29 is 0 Å². The summed E-state index contributed by atoms with van der Waals surface area (Å²) in [5, 5.41) is 33.9. The van der Waals surface area contributed by atoms with Crippen LogP contribution in [0, 0.1) is 39.9 Å². The maximum atomic E-state index is 10.4. The summed E-state index contributed by atoms with van der Waals surface area (Å²) in [7, 11) is 0. The fourth-order valence-corrected chi connectivity index (χ4v) is 8.26. The van der Waals surface area contributed by atoms with Gasteiger partial charge >= 0.3 is 0 Å². The molecule has 0 N–H and O–H groups in total. The molecular weight excluding hydrogens is 623 g/mol. The summed E-state index contributed by atoms with van der Waals surface area (Å²) in [4.78, 5) is 0. The van der Waals surface area contributed by atoms with Gasteiger partial charge in [-0.3, -0.25) is 0 Å². The quantitative estimate of drug-likeness (QED) is 0.190. The molecule has 240 valence electrons. The largest absolute Gasteiger partial charge is 0.313 e. The summed E-state index contributed by atoms with van der Waals surface area (Å²) in [6.45, 7) is 2.29. The Morgan fingerprint density at radius 2 is 1.16 bits per heavy atom. The summed E-state index contributed by atoms with van der Waals surface area (Å²) in [5.74, 6) is 0.291. The van der Waals surface area contributed by atoms with E-state index in [0.717, 1.165) is 79.7 Å². The topological polar surface area (TPSA) is 81.2 Å². The number of hydrogen-bond acceptors (Lipinski definition) is 3. The van der Waals surface area contributed by atoms with Gasteiger partial charge in [-0.15, -0.1) is 0 Å². The van der Waals surface area contributed by atoms with Gasteiger partial charge < -0.3 is 9.13 Å². The number of allylic oxidation sites excluding steroid dienone is 8. The lowest BCUT2D eigenvalue weighted by atomic mass is 9.85. The van der Waals surface area contributed by atoms with Crippen LogP contribution in [-0.4, -0.2) is 9.13 Å². The highest BCUT2D eigenvalue weighted by Gasteiger charge is 2.25. The van der Waals surface area contributed by atoms with Crippen molar-refractivity contribution in [2.24, 2.45) is 5.92 Å². The average molecular weight is 654 g/mol. The Bertz CT molecular complexity index is 2860. The van der Waals surface area contributed by atoms with Crippen LogP contribution >= 0.6 is 0 Å². The molecule has 0 fully saturated rings. The van der Waals surface area contributed by atoms with Gasteiger partial charge in [-0.1, -0.05) is 79.7 Å². The lowest BCUT2D eigenvalue weighted by molar-refractivity contribution is 0.750. The van der Waals surface area contributed by atoms with Crippen LogP contribution in [0.2, 0.25) is 0 Å². The number of nitriles is 3. The maximum absolute atomic E-state index is 10.4. The van der Waals surface area contributed by atoms with E-state index in [1.54, 1.807) is 0 Å². The van der Waals surface area contributed by atoms with Gasteiger partial charge in [-0.25, -0.2) is 0 Å². The minimum atomic E-state index is 0.291. The summed E-state index contributed by atoms with van der Waals surface area (Å²) in [6.07, 6.45) is 9.07. The van der Waals surface area contributed by atoms with E-state index in [9.17, 15) is 15.8 Å². The fraction of sp³-hybridized carbons (Fsp3) is 0.109. The first-order chi connectivity index (χ1) is 25.1. The average Bonchev–Trinajstić information content (AvgIpc) is 3.69. The molecule has 0 saturated carbocycles. The van der Waals surface area contributed by atoms with E-state index in [1.807, 2.05) is 42.5 Å². The monoisotopic (exact) mass is 653 g/mol. The molecule has 0 aliphatic heterocycles. The van der Waals surface area contributed by atoms with Crippen molar-refractivity contribution in [2.75, 3.05) is 0 Å². The van der Waals surface area contributed by atoms with Crippen LogP contribution in [-0.2, 0) is 0 Å². The van der Waals surface area contributed by atoms with Crippen LogP contribution < -0.4 is 0 Å². The Kier molecular flexibility index (Phi) is 7.06. The molecule has 0 saturated heterocycles. The summed E-state index contributed by atoms with van der Waals surface area (Å²) < 4.78 is 4.57. The van der Waals surface area contributed by atoms with E-state index < -0.39 is 0 Å². The van der Waals surface area contributed by atoms with Gasteiger partial charge in [-0.05, 0) is 102 Å². The van der Waals surface area contributed by atoms with Gasteiger partial charge in [0.15, 0.2) is 0 Å². The second-order valence-corrected chi connectivity index (χ2v) is 13.5. The van der Waals surface area contributed by atoms with Crippen LogP contribution in [0.15, 0.2) is 133 Å². The van der Waals surface area contributed by atoms with Crippen molar-refractivity contribution in [1.29, 1.82) is 15.8 Å². The predicted molar refractivity (Wildman–Crippen MR) is 207 cm³/mol. The van der Waals surface area contributed by atoms with Crippen molar-refractivity contribution in [3.63, 3.8) is 0 Å². The second-order valence-electron chi connectivity index (χ2n) is 13.5. The molecule has 51 heavy (non-hydrogen) atoms. The minimum Gasteiger partial charge on any atom is -0.313 e. The summed E-state index contributed by atoms with van der Waals surface area (Å²) in [5.41, 5.74) is 13.1. The Morgan fingerprint density at radius 1 is 0.588 bits per heavy atom. The fourth-order valence-electron chi connectivity index (χ4n) is 8.26. The number of para-hydroxylation sites is 2. The van der Waals surface area contributed by atoms with Crippen LogP contribution in [0.3, 0.4) is 0 Å². The molecule has 0 radical (unpaired) electrons. The standard InChI is InChI=1S/C46H31N5/c1-29-23-35(50-42-11-4-2-8-38(42)40-24-30(26-47)13-21-44(40)50)19-20-36(29)32-15-17-33(18-16-32)37-10-6-7-34(28-49)46(37)51-43-12-5-3-9-39(43)41-25-31(27-48)14-22-45(41)51/h2-5,7-9,11-22,24-25,29H,6,10,23H2,1H3. The van der Waals surface area contributed by atoms with Crippen molar-refractivity contribution in [3.05, 3.63) is 155 Å². The smallest absolute Gasteiger partial charge is 0.101 e. The normalized spacial score (nSPS) is 16.1. The molecule has 2 aromatic heterocycles. The molecule has 1 atom stereocenters. The molecule has 0 bridgehead atoms.